The summed E-state index contributed by atoms with van der Waals surface area (Å²) >= 11 is 0. The molecule has 1 saturated carbocycles. The lowest BCUT2D eigenvalue weighted by Crippen LogP contribution is -2.50. The lowest BCUT2D eigenvalue weighted by molar-refractivity contribution is -0.151. The molecule has 1 saturated heterocycles. The van der Waals surface area contributed by atoms with Crippen LogP contribution in [0.4, 0.5) is 0 Å². The lowest BCUT2D eigenvalue weighted by Gasteiger charge is -2.36. The quantitative estimate of drug-likeness (QED) is 0.766. The van der Waals surface area contributed by atoms with Crippen LogP contribution in [0.3, 0.4) is 0 Å². The summed E-state index contributed by atoms with van der Waals surface area (Å²) in [5.41, 5.74) is -0.927. The van der Waals surface area contributed by atoms with E-state index in [1.54, 1.807) is 13.8 Å². The van der Waals surface area contributed by atoms with E-state index in [0.717, 1.165) is 0 Å². The maximum atomic E-state index is 12.2. The van der Waals surface area contributed by atoms with Crippen LogP contribution in [0, 0.1) is 17.3 Å². The fourth-order valence-corrected chi connectivity index (χ4v) is 3.07. The number of fused-ring (bicyclic) bond motifs is 1. The van der Waals surface area contributed by atoms with Gasteiger partial charge in [0.25, 0.3) is 0 Å². The second-order valence-electron chi connectivity index (χ2n) is 6.49. The van der Waals surface area contributed by atoms with Gasteiger partial charge in [0.15, 0.2) is 0 Å². The van der Waals surface area contributed by atoms with Crippen LogP contribution in [0.25, 0.3) is 0 Å². The molecular weight excluding hydrogens is 234 g/mol. The highest BCUT2D eigenvalue weighted by Gasteiger charge is 2.73. The predicted molar refractivity (Wildman–Crippen MR) is 63.6 cm³/mol. The average molecular weight is 253 g/mol. The molecule has 2 fully saturated rings. The molecule has 0 spiro atoms. The second kappa shape index (κ2) is 3.56. The minimum Gasteiger partial charge on any atom is -0.481 e. The molecule has 5 nitrogen and oxygen atoms in total. The smallest absolute Gasteiger partial charge is 0.303 e. The molecule has 1 N–H and O–H groups in total. The van der Waals surface area contributed by atoms with Crippen molar-refractivity contribution < 1.29 is 19.5 Å². The van der Waals surface area contributed by atoms with Crippen LogP contribution in [-0.4, -0.2) is 33.3 Å². The third-order valence-electron chi connectivity index (χ3n) is 4.36. The van der Waals surface area contributed by atoms with Gasteiger partial charge in [0.2, 0.25) is 11.8 Å². The molecule has 0 bridgehead atoms. The number of aliphatic carboxylic acids is 1. The van der Waals surface area contributed by atoms with E-state index in [0.29, 0.717) is 6.42 Å². The van der Waals surface area contributed by atoms with Crippen molar-refractivity contribution in [3.8, 4) is 0 Å². The Hall–Kier alpha value is -1.39. The second-order valence-corrected chi connectivity index (χ2v) is 6.49. The van der Waals surface area contributed by atoms with Crippen LogP contribution in [-0.2, 0) is 14.4 Å². The van der Waals surface area contributed by atoms with E-state index in [4.69, 9.17) is 5.11 Å². The SMILES string of the molecule is CC1(C)C2C(=O)N(C(C)(C)CCC(=O)O)C(=O)C21. The number of likely N-dealkylation sites (tertiary alicyclic amines) is 1. The zero-order valence-electron chi connectivity index (χ0n) is 11.2. The van der Waals surface area contributed by atoms with Crippen molar-refractivity contribution in [2.45, 2.75) is 46.1 Å². The fourth-order valence-electron chi connectivity index (χ4n) is 3.07. The summed E-state index contributed by atoms with van der Waals surface area (Å²) < 4.78 is 0. The molecule has 0 radical (unpaired) electrons. The van der Waals surface area contributed by atoms with E-state index in [1.807, 2.05) is 13.8 Å². The van der Waals surface area contributed by atoms with Crippen LogP contribution >= 0.6 is 0 Å². The highest BCUT2D eigenvalue weighted by atomic mass is 16.4. The Balaban J connectivity index is 2.14. The topological polar surface area (TPSA) is 74.7 Å². The Bertz CT molecular complexity index is 414. The number of rotatable bonds is 4. The molecule has 2 rings (SSSR count). The van der Waals surface area contributed by atoms with Crippen molar-refractivity contribution in [2.75, 3.05) is 0 Å². The first kappa shape index (κ1) is 13.1. The third kappa shape index (κ3) is 1.64. The standard InChI is InChI=1S/C13H19NO4/c1-12(2,6-5-7(15)16)14-10(17)8-9(11(14)18)13(8,3)4/h8-9H,5-6H2,1-4H3,(H,15,16). The molecule has 1 heterocycles. The van der Waals surface area contributed by atoms with E-state index < -0.39 is 11.5 Å². The highest BCUT2D eigenvalue weighted by Crippen LogP contribution is 2.64. The van der Waals surface area contributed by atoms with Gasteiger partial charge in [-0.25, -0.2) is 0 Å². The van der Waals surface area contributed by atoms with Gasteiger partial charge < -0.3 is 5.11 Å². The van der Waals surface area contributed by atoms with Gasteiger partial charge in [-0.05, 0) is 25.7 Å². The number of nitrogens with zero attached hydrogens (tertiary/aromatic N) is 1. The van der Waals surface area contributed by atoms with Crippen molar-refractivity contribution >= 4 is 17.8 Å². The largest absolute Gasteiger partial charge is 0.481 e. The minimum absolute atomic E-state index is 0.0389. The number of hydrogen-bond acceptors (Lipinski definition) is 3. The van der Waals surface area contributed by atoms with Gasteiger partial charge in [-0.3, -0.25) is 19.3 Å². The van der Waals surface area contributed by atoms with Crippen molar-refractivity contribution in [1.82, 2.24) is 4.90 Å². The van der Waals surface area contributed by atoms with Gasteiger partial charge in [-0.2, -0.15) is 0 Å². The number of imide groups is 1. The van der Waals surface area contributed by atoms with Gasteiger partial charge in [-0.1, -0.05) is 13.8 Å². The molecular formula is C13H19NO4. The number of carboxylic acids is 1. The normalized spacial score (nSPS) is 29.4. The Morgan fingerprint density at radius 2 is 1.72 bits per heavy atom. The number of carboxylic acid groups (broad SMARTS) is 1. The summed E-state index contributed by atoms with van der Waals surface area (Å²) in [5, 5.41) is 8.71. The Morgan fingerprint density at radius 1 is 1.28 bits per heavy atom. The van der Waals surface area contributed by atoms with Crippen molar-refractivity contribution in [2.24, 2.45) is 17.3 Å². The molecule has 5 heteroatoms. The van der Waals surface area contributed by atoms with E-state index >= 15 is 0 Å². The molecule has 2 amide bonds. The maximum Gasteiger partial charge on any atom is 0.303 e. The molecule has 1 aliphatic carbocycles. The van der Waals surface area contributed by atoms with Crippen LogP contribution < -0.4 is 0 Å². The maximum absolute atomic E-state index is 12.2. The van der Waals surface area contributed by atoms with E-state index in [2.05, 4.69) is 0 Å². The predicted octanol–water partition coefficient (Wildman–Crippen LogP) is 1.27. The molecule has 2 aliphatic rings. The van der Waals surface area contributed by atoms with Gasteiger partial charge >= 0.3 is 5.97 Å². The molecule has 100 valence electrons. The Labute approximate surface area is 106 Å². The first-order valence-corrected chi connectivity index (χ1v) is 6.20. The lowest BCUT2D eigenvalue weighted by atomic mass is 9.94. The Kier molecular flexibility index (Phi) is 2.58. The molecule has 1 aliphatic heterocycles. The third-order valence-corrected chi connectivity index (χ3v) is 4.36. The van der Waals surface area contributed by atoms with E-state index in [9.17, 15) is 14.4 Å². The van der Waals surface area contributed by atoms with Crippen molar-refractivity contribution in [3.63, 3.8) is 0 Å². The summed E-state index contributed by atoms with van der Waals surface area (Å²) in [5.74, 6) is -1.58. The van der Waals surface area contributed by atoms with Gasteiger partial charge in [0.05, 0.1) is 11.8 Å². The molecule has 0 aromatic rings. The van der Waals surface area contributed by atoms with Gasteiger partial charge in [0, 0.05) is 12.0 Å². The molecule has 18 heavy (non-hydrogen) atoms. The summed E-state index contributed by atoms with van der Waals surface area (Å²) in [7, 11) is 0. The van der Waals surface area contributed by atoms with Gasteiger partial charge in [0.1, 0.15) is 0 Å². The summed E-state index contributed by atoms with van der Waals surface area (Å²) in [6, 6.07) is 0. The van der Waals surface area contributed by atoms with Crippen LogP contribution in [0.2, 0.25) is 0 Å². The van der Waals surface area contributed by atoms with E-state index in [1.165, 1.54) is 4.90 Å². The number of hydrogen-bond donors (Lipinski definition) is 1. The first-order valence-electron chi connectivity index (χ1n) is 6.20. The minimum atomic E-state index is -0.910. The van der Waals surface area contributed by atoms with E-state index in [-0.39, 0.29) is 35.5 Å². The zero-order chi connectivity index (χ0) is 13.9. The average Bonchev–Trinajstić information content (AvgIpc) is 2.64. The molecule has 0 aromatic heterocycles. The number of carbonyl (C=O) groups is 3. The van der Waals surface area contributed by atoms with Crippen LogP contribution in [0.15, 0.2) is 0 Å². The Morgan fingerprint density at radius 3 is 2.11 bits per heavy atom. The number of carbonyl (C=O) groups excluding carboxylic acids is 2. The van der Waals surface area contributed by atoms with Crippen LogP contribution in [0.1, 0.15) is 40.5 Å². The summed E-state index contributed by atoms with van der Waals surface area (Å²) in [6.07, 6.45) is 0.252. The highest BCUT2D eigenvalue weighted by molar-refractivity contribution is 6.11. The molecule has 2 atom stereocenters. The first-order chi connectivity index (χ1) is 8.10. The van der Waals surface area contributed by atoms with Crippen molar-refractivity contribution in [3.05, 3.63) is 0 Å². The van der Waals surface area contributed by atoms with Crippen molar-refractivity contribution in [1.29, 1.82) is 0 Å². The zero-order valence-corrected chi connectivity index (χ0v) is 11.2. The molecule has 0 aromatic carbocycles. The summed E-state index contributed by atoms with van der Waals surface area (Å²) in [4.78, 5) is 36.3. The summed E-state index contributed by atoms with van der Waals surface area (Å²) in [6.45, 7) is 7.37. The fraction of sp³-hybridized carbons (Fsp3) is 0.769. The van der Waals surface area contributed by atoms with Gasteiger partial charge in [-0.15, -0.1) is 0 Å². The monoisotopic (exact) mass is 253 g/mol. The number of amides is 2. The van der Waals surface area contributed by atoms with Crippen LogP contribution in [0.5, 0.6) is 0 Å². The number of piperidine rings is 1. The molecule has 2 unspecified atom stereocenters.